The second kappa shape index (κ2) is 6.11. The van der Waals surface area contributed by atoms with Gasteiger partial charge < -0.3 is 5.32 Å². The van der Waals surface area contributed by atoms with E-state index in [0.717, 1.165) is 22.4 Å². The van der Waals surface area contributed by atoms with Crippen LogP contribution in [0.25, 0.3) is 0 Å². The zero-order chi connectivity index (χ0) is 17.4. The molecule has 1 fully saturated rings. The van der Waals surface area contributed by atoms with Gasteiger partial charge in [-0.15, -0.1) is 0 Å². The third-order valence-electron chi connectivity index (χ3n) is 4.61. The third kappa shape index (κ3) is 2.92. The Morgan fingerprint density at radius 1 is 0.917 bits per heavy atom. The highest BCUT2D eigenvalue weighted by atomic mass is 16.2. The molecule has 124 valence electrons. The summed E-state index contributed by atoms with van der Waals surface area (Å²) in [5.74, 6) is -0.353. The van der Waals surface area contributed by atoms with Crippen molar-refractivity contribution in [3.63, 3.8) is 0 Å². The van der Waals surface area contributed by atoms with Gasteiger partial charge in [-0.2, -0.15) is 0 Å². The predicted molar refractivity (Wildman–Crippen MR) is 96.4 cm³/mol. The Kier molecular flexibility index (Phi) is 4.14. The van der Waals surface area contributed by atoms with E-state index in [1.165, 1.54) is 10.5 Å². The molecular formula is C20H22N2O2. The number of aryl methyl sites for hydroxylation is 4. The molecule has 0 aromatic heterocycles. The number of benzene rings is 2. The summed E-state index contributed by atoms with van der Waals surface area (Å²) in [7, 11) is 0. The molecule has 0 spiro atoms. The van der Waals surface area contributed by atoms with E-state index in [1.54, 1.807) is 0 Å². The van der Waals surface area contributed by atoms with E-state index in [9.17, 15) is 9.59 Å². The maximum absolute atomic E-state index is 12.7. The Bertz CT molecular complexity index is 826. The second-order valence-electron chi connectivity index (χ2n) is 6.56. The van der Waals surface area contributed by atoms with E-state index in [-0.39, 0.29) is 18.2 Å². The van der Waals surface area contributed by atoms with Gasteiger partial charge in [0.15, 0.2) is 0 Å². The second-order valence-corrected chi connectivity index (χ2v) is 6.56. The molecule has 1 aliphatic rings. The first-order chi connectivity index (χ1) is 11.4. The van der Waals surface area contributed by atoms with Gasteiger partial charge >= 0.3 is 0 Å². The van der Waals surface area contributed by atoms with Gasteiger partial charge in [0.2, 0.25) is 5.91 Å². The maximum atomic E-state index is 12.7. The lowest BCUT2D eigenvalue weighted by atomic mass is 10.1. The Labute approximate surface area is 142 Å². The van der Waals surface area contributed by atoms with Gasteiger partial charge in [0.1, 0.15) is 6.04 Å². The van der Waals surface area contributed by atoms with E-state index in [4.69, 9.17) is 0 Å². The van der Waals surface area contributed by atoms with Gasteiger partial charge in [-0.3, -0.25) is 9.59 Å². The molecule has 1 N–H and O–H groups in total. The number of carbonyl (C=O) groups is 2. The maximum Gasteiger partial charge on any atom is 0.256 e. The Morgan fingerprint density at radius 3 is 2.33 bits per heavy atom. The zero-order valence-corrected chi connectivity index (χ0v) is 14.5. The van der Waals surface area contributed by atoms with Crippen LogP contribution in [-0.2, 0) is 9.59 Å². The van der Waals surface area contributed by atoms with E-state index in [2.05, 4.69) is 11.4 Å². The summed E-state index contributed by atoms with van der Waals surface area (Å²) in [4.78, 5) is 26.4. The highest BCUT2D eigenvalue weighted by Gasteiger charge is 2.39. The molecule has 1 aliphatic heterocycles. The number of hydrogen-bond acceptors (Lipinski definition) is 3. The first-order valence-electron chi connectivity index (χ1n) is 8.14. The largest absolute Gasteiger partial charge is 0.373 e. The van der Waals surface area contributed by atoms with E-state index >= 15 is 0 Å². The lowest BCUT2D eigenvalue weighted by Crippen LogP contribution is -2.35. The van der Waals surface area contributed by atoms with E-state index in [1.807, 2.05) is 58.0 Å². The lowest BCUT2D eigenvalue weighted by molar-refractivity contribution is -0.121. The Morgan fingerprint density at radius 2 is 1.67 bits per heavy atom. The summed E-state index contributed by atoms with van der Waals surface area (Å²) >= 11 is 0. The van der Waals surface area contributed by atoms with Gasteiger partial charge in [0, 0.05) is 5.69 Å². The average Bonchev–Trinajstić information content (AvgIpc) is 2.79. The van der Waals surface area contributed by atoms with Crippen molar-refractivity contribution in [1.82, 2.24) is 0 Å². The first-order valence-corrected chi connectivity index (χ1v) is 8.14. The first kappa shape index (κ1) is 16.2. The van der Waals surface area contributed by atoms with E-state index in [0.29, 0.717) is 5.69 Å². The van der Waals surface area contributed by atoms with Crippen LogP contribution in [0.2, 0.25) is 0 Å². The van der Waals surface area contributed by atoms with Crippen molar-refractivity contribution in [2.45, 2.75) is 40.2 Å². The van der Waals surface area contributed by atoms with Crippen LogP contribution in [-0.4, -0.2) is 17.9 Å². The van der Waals surface area contributed by atoms with Crippen molar-refractivity contribution in [3.05, 3.63) is 58.7 Å². The fraction of sp³-hybridized carbons (Fsp3) is 0.300. The molecule has 3 rings (SSSR count). The number of imide groups is 1. The van der Waals surface area contributed by atoms with Crippen LogP contribution < -0.4 is 10.2 Å². The number of hydrogen-bond donors (Lipinski definition) is 1. The number of nitrogens with one attached hydrogen (secondary N) is 1. The molecule has 2 aromatic carbocycles. The highest BCUT2D eigenvalue weighted by molar-refractivity contribution is 6.23. The van der Waals surface area contributed by atoms with Gasteiger partial charge in [-0.25, -0.2) is 4.90 Å². The lowest BCUT2D eigenvalue weighted by Gasteiger charge is -2.18. The van der Waals surface area contributed by atoms with Crippen molar-refractivity contribution in [2.75, 3.05) is 10.2 Å². The van der Waals surface area contributed by atoms with Gasteiger partial charge in [-0.1, -0.05) is 23.8 Å². The quantitative estimate of drug-likeness (QED) is 0.877. The summed E-state index contributed by atoms with van der Waals surface area (Å²) < 4.78 is 0. The number of nitrogens with zero attached hydrogens (tertiary/aromatic N) is 1. The molecule has 24 heavy (non-hydrogen) atoms. The summed E-state index contributed by atoms with van der Waals surface area (Å²) in [5, 5.41) is 3.23. The van der Waals surface area contributed by atoms with E-state index < -0.39 is 6.04 Å². The van der Waals surface area contributed by atoms with Crippen molar-refractivity contribution in [3.8, 4) is 0 Å². The normalized spacial score (nSPS) is 17.5. The Balaban J connectivity index is 1.84. The molecular weight excluding hydrogens is 300 g/mol. The number of carbonyl (C=O) groups excluding carboxylic acids is 2. The molecule has 1 atom stereocenters. The summed E-state index contributed by atoms with van der Waals surface area (Å²) in [6.45, 7) is 8.02. The fourth-order valence-corrected chi connectivity index (χ4v) is 3.04. The SMILES string of the molecule is Cc1ccc(NC2CC(=O)N(c3ccc(C)c(C)c3)C2=O)c(C)c1. The monoisotopic (exact) mass is 322 g/mol. The van der Waals surface area contributed by atoms with Gasteiger partial charge in [-0.05, 0) is 62.6 Å². The van der Waals surface area contributed by atoms with Gasteiger partial charge in [0.25, 0.3) is 5.91 Å². The molecule has 2 aromatic rings. The molecule has 1 saturated heterocycles. The van der Waals surface area contributed by atoms with Crippen molar-refractivity contribution in [1.29, 1.82) is 0 Å². The molecule has 0 bridgehead atoms. The Hall–Kier alpha value is -2.62. The molecule has 4 nitrogen and oxygen atoms in total. The van der Waals surface area contributed by atoms with Crippen LogP contribution in [0.5, 0.6) is 0 Å². The molecule has 2 amide bonds. The smallest absolute Gasteiger partial charge is 0.256 e. The third-order valence-corrected chi connectivity index (χ3v) is 4.61. The molecule has 0 radical (unpaired) electrons. The van der Waals surface area contributed by atoms with Crippen LogP contribution in [0.15, 0.2) is 36.4 Å². The molecule has 0 saturated carbocycles. The highest BCUT2D eigenvalue weighted by Crippen LogP contribution is 2.27. The summed E-state index contributed by atoms with van der Waals surface area (Å²) in [6, 6.07) is 11.2. The molecule has 0 aliphatic carbocycles. The topological polar surface area (TPSA) is 49.4 Å². The zero-order valence-electron chi connectivity index (χ0n) is 14.5. The summed E-state index contributed by atoms with van der Waals surface area (Å²) in [6.07, 6.45) is 0.180. The fourth-order valence-electron chi connectivity index (χ4n) is 3.04. The van der Waals surface area contributed by atoms with Crippen LogP contribution in [0.1, 0.15) is 28.7 Å². The van der Waals surface area contributed by atoms with Crippen LogP contribution >= 0.6 is 0 Å². The minimum Gasteiger partial charge on any atom is -0.373 e. The minimum atomic E-state index is -0.513. The number of amides is 2. The van der Waals surface area contributed by atoms with Crippen molar-refractivity contribution < 1.29 is 9.59 Å². The molecule has 4 heteroatoms. The van der Waals surface area contributed by atoms with Crippen LogP contribution in [0, 0.1) is 27.7 Å². The van der Waals surface area contributed by atoms with Crippen molar-refractivity contribution in [2.24, 2.45) is 0 Å². The standard InChI is InChI=1S/C20H22N2O2/c1-12-5-8-17(15(4)9-12)21-18-11-19(23)22(20(18)24)16-7-6-13(2)14(3)10-16/h5-10,18,21H,11H2,1-4H3. The molecule has 1 heterocycles. The molecule has 1 unspecified atom stereocenters. The van der Waals surface area contributed by atoms with Crippen LogP contribution in [0.3, 0.4) is 0 Å². The predicted octanol–water partition coefficient (Wildman–Crippen LogP) is 3.66. The summed E-state index contributed by atoms with van der Waals surface area (Å²) in [5.41, 5.74) is 6.00. The van der Waals surface area contributed by atoms with Crippen molar-refractivity contribution >= 4 is 23.2 Å². The minimum absolute atomic E-state index is 0.162. The number of rotatable bonds is 3. The van der Waals surface area contributed by atoms with Crippen LogP contribution in [0.4, 0.5) is 11.4 Å². The average molecular weight is 322 g/mol. The van der Waals surface area contributed by atoms with Gasteiger partial charge in [0.05, 0.1) is 12.1 Å². The number of anilines is 2.